The number of aromatic hydroxyl groups is 1. The fraction of sp³-hybridized carbons (Fsp3) is 0.344. The summed E-state index contributed by atoms with van der Waals surface area (Å²) >= 11 is 1.46. The summed E-state index contributed by atoms with van der Waals surface area (Å²) in [5.74, 6) is -1.25. The predicted octanol–water partition coefficient (Wildman–Crippen LogP) is 3.71. The molecule has 0 aliphatic carbocycles. The van der Waals surface area contributed by atoms with Crippen molar-refractivity contribution in [1.82, 2.24) is 15.5 Å². The Balaban J connectivity index is 1.56. The highest BCUT2D eigenvalue weighted by molar-refractivity contribution is 8.00. The summed E-state index contributed by atoms with van der Waals surface area (Å²) in [5.41, 5.74) is 3.50. The summed E-state index contributed by atoms with van der Waals surface area (Å²) in [5, 5.41) is 27.3. The number of nitrogens with one attached hydrogen (secondary N) is 2. The number of carbonyl (C=O) groups is 3. The molecule has 4 N–H and O–H groups in total. The number of phenols is 1. The number of rotatable bonds is 9. The first-order chi connectivity index (χ1) is 19.5. The number of amides is 3. The van der Waals surface area contributed by atoms with Crippen LogP contribution in [0.15, 0.2) is 72.8 Å². The van der Waals surface area contributed by atoms with Crippen molar-refractivity contribution >= 4 is 29.5 Å². The third kappa shape index (κ3) is 6.92. The van der Waals surface area contributed by atoms with Crippen LogP contribution < -0.4 is 10.6 Å². The molecule has 1 aliphatic heterocycles. The van der Waals surface area contributed by atoms with E-state index in [2.05, 4.69) is 10.6 Å². The van der Waals surface area contributed by atoms with E-state index in [0.29, 0.717) is 12.1 Å². The molecule has 3 aromatic carbocycles. The molecule has 1 heterocycles. The van der Waals surface area contributed by atoms with Crippen molar-refractivity contribution in [2.45, 2.75) is 63.6 Å². The highest BCUT2D eigenvalue weighted by atomic mass is 32.2. The molecule has 3 aromatic rings. The molecule has 0 bridgehead atoms. The fourth-order valence-corrected chi connectivity index (χ4v) is 6.21. The summed E-state index contributed by atoms with van der Waals surface area (Å²) in [4.78, 5) is 42.0. The van der Waals surface area contributed by atoms with Gasteiger partial charge in [-0.25, -0.2) is 0 Å². The second-order valence-electron chi connectivity index (χ2n) is 10.9. The van der Waals surface area contributed by atoms with Crippen molar-refractivity contribution in [2.24, 2.45) is 0 Å². The van der Waals surface area contributed by atoms with Gasteiger partial charge < -0.3 is 25.7 Å². The minimum Gasteiger partial charge on any atom is -0.508 e. The predicted molar refractivity (Wildman–Crippen MR) is 160 cm³/mol. The number of aliphatic hydroxyl groups excluding tert-OH is 1. The lowest BCUT2D eigenvalue weighted by molar-refractivity contribution is -0.147. The van der Waals surface area contributed by atoms with Crippen molar-refractivity contribution in [3.63, 3.8) is 0 Å². The van der Waals surface area contributed by atoms with E-state index in [1.165, 1.54) is 22.7 Å². The maximum Gasteiger partial charge on any atom is 0.254 e. The van der Waals surface area contributed by atoms with E-state index in [-0.39, 0.29) is 29.5 Å². The van der Waals surface area contributed by atoms with E-state index < -0.39 is 34.7 Å². The van der Waals surface area contributed by atoms with E-state index in [1.54, 1.807) is 19.1 Å². The number of hydrogen-bond donors (Lipinski definition) is 4. The van der Waals surface area contributed by atoms with Crippen LogP contribution in [0.4, 0.5) is 0 Å². The Bertz CT molecular complexity index is 1410. The van der Waals surface area contributed by atoms with Crippen LogP contribution in [0.1, 0.15) is 46.5 Å². The van der Waals surface area contributed by atoms with Crippen LogP contribution in [-0.2, 0) is 22.6 Å². The first-order valence-corrected chi connectivity index (χ1v) is 14.6. The highest BCUT2D eigenvalue weighted by Crippen LogP contribution is 2.40. The summed E-state index contributed by atoms with van der Waals surface area (Å²) in [6.45, 7) is 7.74. The van der Waals surface area contributed by atoms with Gasteiger partial charge in [-0.15, -0.1) is 11.8 Å². The summed E-state index contributed by atoms with van der Waals surface area (Å²) in [6, 6.07) is 19.9. The Labute approximate surface area is 245 Å². The minimum absolute atomic E-state index is 0.0234. The Morgan fingerprint density at radius 1 is 1.00 bits per heavy atom. The molecule has 9 heteroatoms. The molecule has 2 unspecified atom stereocenters. The second-order valence-corrected chi connectivity index (χ2v) is 12.5. The average Bonchev–Trinajstić information content (AvgIpc) is 3.28. The van der Waals surface area contributed by atoms with Crippen LogP contribution in [-0.4, -0.2) is 61.6 Å². The molecule has 0 aromatic heterocycles. The number of thioether (sulfide) groups is 1. The normalized spacial score (nSPS) is 17.5. The van der Waals surface area contributed by atoms with Crippen LogP contribution in [0.25, 0.3) is 0 Å². The molecule has 4 rings (SSSR count). The third-order valence-corrected chi connectivity index (χ3v) is 8.97. The van der Waals surface area contributed by atoms with Gasteiger partial charge in [-0.2, -0.15) is 0 Å². The topological polar surface area (TPSA) is 119 Å². The molecule has 1 saturated heterocycles. The molecule has 3 amide bonds. The van der Waals surface area contributed by atoms with Crippen LogP contribution in [0.5, 0.6) is 5.75 Å². The Morgan fingerprint density at radius 2 is 1.68 bits per heavy atom. The number of carbonyl (C=O) groups excluding carboxylic acids is 3. The number of hydrogen-bond acceptors (Lipinski definition) is 6. The van der Waals surface area contributed by atoms with Crippen molar-refractivity contribution in [3.8, 4) is 5.75 Å². The van der Waals surface area contributed by atoms with Gasteiger partial charge in [0.05, 0.1) is 11.9 Å². The first kappa shape index (κ1) is 30.1. The lowest BCUT2D eigenvalue weighted by atomic mass is 9.96. The highest BCUT2D eigenvalue weighted by Gasteiger charge is 2.49. The number of aliphatic hydroxyl groups is 1. The zero-order valence-corrected chi connectivity index (χ0v) is 24.6. The molecule has 8 nitrogen and oxygen atoms in total. The monoisotopic (exact) mass is 575 g/mol. The van der Waals surface area contributed by atoms with Gasteiger partial charge in [0, 0.05) is 22.4 Å². The molecule has 216 valence electrons. The second kappa shape index (κ2) is 12.8. The largest absolute Gasteiger partial charge is 0.508 e. The molecule has 1 aliphatic rings. The molecular formula is C32H37N3O5S. The number of aryl methyl sites for hydroxylation is 1. The molecule has 41 heavy (non-hydrogen) atoms. The van der Waals surface area contributed by atoms with E-state index in [0.717, 1.165) is 16.7 Å². The van der Waals surface area contributed by atoms with Gasteiger partial charge in [0.25, 0.3) is 11.8 Å². The number of nitrogens with zero attached hydrogens (tertiary/aromatic N) is 1. The Hall–Kier alpha value is -3.82. The quantitative estimate of drug-likeness (QED) is 0.309. The molecule has 0 spiro atoms. The van der Waals surface area contributed by atoms with Gasteiger partial charge in [0.15, 0.2) is 6.10 Å². The smallest absolute Gasteiger partial charge is 0.254 e. The van der Waals surface area contributed by atoms with E-state index in [4.69, 9.17) is 0 Å². The van der Waals surface area contributed by atoms with Crippen LogP contribution in [0.2, 0.25) is 0 Å². The zero-order valence-electron chi connectivity index (χ0n) is 23.8. The van der Waals surface area contributed by atoms with E-state index in [1.807, 2.05) is 75.4 Å². The fourth-order valence-electron chi connectivity index (χ4n) is 5.07. The standard InChI is InChI=1S/C32H37N3O5S/c1-20-11-8-9-14-23(20)18-33-30(39)28-32(3,4)41-19-35(28)31(40)27(37)25(17-22-12-6-5-7-13-22)34-29(38)24-15-10-16-26(36)21(24)2/h5-16,25,27-28,36-37H,17-19H2,1-4H3,(H,33,39)(H,34,38)/t25?,27-,28?/m0/s1. The maximum absolute atomic E-state index is 13.8. The minimum atomic E-state index is -1.61. The zero-order chi connectivity index (χ0) is 29.7. The van der Waals surface area contributed by atoms with E-state index >= 15 is 0 Å². The van der Waals surface area contributed by atoms with Gasteiger partial charge in [-0.1, -0.05) is 60.7 Å². The summed E-state index contributed by atoms with van der Waals surface area (Å²) in [6.07, 6.45) is -1.43. The van der Waals surface area contributed by atoms with Crippen molar-refractivity contribution in [2.75, 3.05) is 5.88 Å². The van der Waals surface area contributed by atoms with Gasteiger partial charge >= 0.3 is 0 Å². The summed E-state index contributed by atoms with van der Waals surface area (Å²) in [7, 11) is 0. The maximum atomic E-state index is 13.8. The first-order valence-electron chi connectivity index (χ1n) is 13.6. The lowest BCUT2D eigenvalue weighted by Crippen LogP contribution is -2.58. The molecule has 1 fully saturated rings. The third-order valence-electron chi connectivity index (χ3n) is 7.59. The van der Waals surface area contributed by atoms with Crippen molar-refractivity contribution in [3.05, 3.63) is 101 Å². The van der Waals surface area contributed by atoms with Crippen molar-refractivity contribution < 1.29 is 24.6 Å². The average molecular weight is 576 g/mol. The molecule has 0 radical (unpaired) electrons. The van der Waals surface area contributed by atoms with Crippen LogP contribution in [0, 0.1) is 13.8 Å². The SMILES string of the molecule is Cc1ccccc1CNC(=O)C1N(C(=O)[C@@H](O)C(Cc2ccccc2)NC(=O)c2cccc(O)c2C)CSC1(C)C. The van der Waals surface area contributed by atoms with E-state index in [9.17, 15) is 24.6 Å². The number of phenolic OH excluding ortho intramolecular Hbond substituents is 1. The van der Waals surface area contributed by atoms with Gasteiger partial charge in [-0.3, -0.25) is 14.4 Å². The Morgan fingerprint density at radius 3 is 2.39 bits per heavy atom. The van der Waals surface area contributed by atoms with Crippen molar-refractivity contribution in [1.29, 1.82) is 0 Å². The molecular weight excluding hydrogens is 538 g/mol. The summed E-state index contributed by atoms with van der Waals surface area (Å²) < 4.78 is -0.595. The van der Waals surface area contributed by atoms with Crippen LogP contribution >= 0.6 is 11.8 Å². The lowest BCUT2D eigenvalue weighted by Gasteiger charge is -2.33. The molecule has 0 saturated carbocycles. The van der Waals surface area contributed by atoms with Gasteiger partial charge in [-0.05, 0) is 62.9 Å². The van der Waals surface area contributed by atoms with Gasteiger partial charge in [0.1, 0.15) is 11.8 Å². The van der Waals surface area contributed by atoms with Crippen LogP contribution in [0.3, 0.4) is 0 Å². The van der Waals surface area contributed by atoms with Gasteiger partial charge in [0.2, 0.25) is 5.91 Å². The molecule has 3 atom stereocenters. The number of benzene rings is 3. The Kier molecular flexibility index (Phi) is 9.40.